The molecule has 0 radical (unpaired) electrons. The van der Waals surface area contributed by atoms with Crippen LogP contribution in [0.5, 0.6) is 0 Å². The Hall–Kier alpha value is -2.37. The van der Waals surface area contributed by atoms with Crippen LogP contribution in [0.3, 0.4) is 0 Å². The van der Waals surface area contributed by atoms with E-state index >= 15 is 0 Å². The number of carbonyl (C=O) groups excluding carboxylic acids is 1. The minimum atomic E-state index is -0.262. The first kappa shape index (κ1) is 16.0. The molecule has 6 heteroatoms. The molecule has 0 fully saturated rings. The summed E-state index contributed by atoms with van der Waals surface area (Å²) >= 11 is 0. The molecule has 0 spiro atoms. The fourth-order valence-electron chi connectivity index (χ4n) is 2.28. The quantitative estimate of drug-likeness (QED) is 0.852. The number of nitrogens with zero attached hydrogens (tertiary/aromatic N) is 1. The lowest BCUT2D eigenvalue weighted by Gasteiger charge is -2.07. The number of carbonyl (C=O) groups is 1. The Labute approximate surface area is 128 Å². The van der Waals surface area contributed by atoms with Crippen molar-refractivity contribution in [2.45, 2.75) is 33.2 Å². The monoisotopic (exact) mass is 305 g/mol. The lowest BCUT2D eigenvalue weighted by molar-refractivity contribution is -0.121. The van der Waals surface area contributed by atoms with E-state index in [-0.39, 0.29) is 23.8 Å². The molecule has 118 valence electrons. The molecule has 0 aliphatic carbocycles. The number of hydrogen-bond donors (Lipinski definition) is 2. The first-order valence-electron chi connectivity index (χ1n) is 7.25. The van der Waals surface area contributed by atoms with Gasteiger partial charge in [0.05, 0.1) is 0 Å². The Morgan fingerprint density at radius 1 is 1.32 bits per heavy atom. The van der Waals surface area contributed by atoms with Crippen molar-refractivity contribution in [3.8, 4) is 0 Å². The van der Waals surface area contributed by atoms with Gasteiger partial charge in [-0.15, -0.1) is 0 Å². The molecule has 1 aromatic heterocycles. The number of hydrogen-bond acceptors (Lipinski definition) is 2. The smallest absolute Gasteiger partial charge is 0.325 e. The van der Waals surface area contributed by atoms with Gasteiger partial charge in [-0.25, -0.2) is 9.18 Å². The second-order valence-corrected chi connectivity index (χ2v) is 5.23. The molecular weight excluding hydrogens is 285 g/mol. The highest BCUT2D eigenvalue weighted by atomic mass is 19.1. The topological polar surface area (TPSA) is 66.9 Å². The van der Waals surface area contributed by atoms with Gasteiger partial charge in [-0.1, -0.05) is 18.2 Å². The van der Waals surface area contributed by atoms with Crippen molar-refractivity contribution >= 4 is 5.91 Å². The van der Waals surface area contributed by atoms with Gasteiger partial charge in [0.2, 0.25) is 5.91 Å². The normalized spacial score (nSPS) is 10.7. The van der Waals surface area contributed by atoms with Crippen molar-refractivity contribution in [2.75, 3.05) is 6.54 Å². The van der Waals surface area contributed by atoms with Crippen LogP contribution < -0.4 is 11.0 Å². The van der Waals surface area contributed by atoms with Gasteiger partial charge in [0, 0.05) is 30.9 Å². The molecular formula is C16H20FN3O2. The molecule has 0 bridgehead atoms. The Morgan fingerprint density at radius 2 is 2.05 bits per heavy atom. The van der Waals surface area contributed by atoms with Crippen LogP contribution in [-0.2, 0) is 17.8 Å². The fourth-order valence-corrected chi connectivity index (χ4v) is 2.28. The van der Waals surface area contributed by atoms with E-state index in [0.29, 0.717) is 25.1 Å². The third-order valence-electron chi connectivity index (χ3n) is 3.72. The average Bonchev–Trinajstić information content (AvgIpc) is 2.72. The van der Waals surface area contributed by atoms with Crippen molar-refractivity contribution in [1.82, 2.24) is 14.9 Å². The standard InChI is InChI=1S/C16H20FN3O2/c1-11-12(2)20(16(22)19-11)10-8-15(21)18-9-7-13-5-3-4-6-14(13)17/h3-6H,7-10H2,1-2H3,(H,18,21)(H,19,22). The molecule has 1 aromatic carbocycles. The Morgan fingerprint density at radius 3 is 2.68 bits per heavy atom. The maximum absolute atomic E-state index is 13.4. The van der Waals surface area contributed by atoms with E-state index in [9.17, 15) is 14.0 Å². The van der Waals surface area contributed by atoms with Gasteiger partial charge in [0.15, 0.2) is 0 Å². The molecule has 0 aliphatic heterocycles. The molecule has 1 heterocycles. The highest BCUT2D eigenvalue weighted by Gasteiger charge is 2.09. The van der Waals surface area contributed by atoms with Gasteiger partial charge in [0.1, 0.15) is 5.82 Å². The van der Waals surface area contributed by atoms with Crippen LogP contribution >= 0.6 is 0 Å². The van der Waals surface area contributed by atoms with Gasteiger partial charge < -0.3 is 10.3 Å². The fraction of sp³-hybridized carbons (Fsp3) is 0.375. The number of H-pyrrole nitrogens is 1. The number of aromatic nitrogens is 2. The van der Waals surface area contributed by atoms with E-state index in [4.69, 9.17) is 0 Å². The van der Waals surface area contributed by atoms with Crippen LogP contribution in [0.25, 0.3) is 0 Å². The summed E-state index contributed by atoms with van der Waals surface area (Å²) in [7, 11) is 0. The molecule has 0 aliphatic rings. The summed E-state index contributed by atoms with van der Waals surface area (Å²) in [4.78, 5) is 26.1. The predicted octanol–water partition coefficient (Wildman–Crippen LogP) is 1.68. The molecule has 1 amide bonds. The van der Waals surface area contributed by atoms with Crippen LogP contribution in [0.15, 0.2) is 29.1 Å². The predicted molar refractivity (Wildman–Crippen MR) is 82.3 cm³/mol. The third-order valence-corrected chi connectivity index (χ3v) is 3.72. The first-order valence-corrected chi connectivity index (χ1v) is 7.25. The number of halogens is 1. The van der Waals surface area contributed by atoms with Crippen molar-refractivity contribution in [1.29, 1.82) is 0 Å². The zero-order valence-electron chi connectivity index (χ0n) is 12.8. The minimum absolute atomic E-state index is 0.151. The van der Waals surface area contributed by atoms with Crippen LogP contribution in [0.4, 0.5) is 4.39 Å². The maximum atomic E-state index is 13.4. The first-order chi connectivity index (χ1) is 10.5. The number of aromatic amines is 1. The molecule has 0 saturated heterocycles. The highest BCUT2D eigenvalue weighted by molar-refractivity contribution is 5.75. The Kier molecular flexibility index (Phi) is 5.14. The number of imidazole rings is 1. The van der Waals surface area contributed by atoms with Gasteiger partial charge in [-0.2, -0.15) is 0 Å². The van der Waals surface area contributed by atoms with E-state index < -0.39 is 0 Å². The Bertz CT molecular complexity index is 718. The molecule has 0 saturated carbocycles. The third kappa shape index (κ3) is 3.84. The van der Waals surface area contributed by atoms with Crippen molar-refractivity contribution in [3.05, 3.63) is 57.5 Å². The summed E-state index contributed by atoms with van der Waals surface area (Å²) in [6.07, 6.45) is 0.663. The lowest BCUT2D eigenvalue weighted by atomic mass is 10.1. The summed E-state index contributed by atoms with van der Waals surface area (Å²) in [6, 6.07) is 6.51. The SMILES string of the molecule is Cc1[nH]c(=O)n(CCC(=O)NCCc2ccccc2F)c1C. The van der Waals surface area contributed by atoms with Crippen LogP contribution in [-0.4, -0.2) is 22.0 Å². The second-order valence-electron chi connectivity index (χ2n) is 5.23. The van der Waals surface area contributed by atoms with Crippen LogP contribution in [0.1, 0.15) is 23.4 Å². The zero-order valence-corrected chi connectivity index (χ0v) is 12.8. The van der Waals surface area contributed by atoms with Gasteiger partial charge in [0.25, 0.3) is 0 Å². The van der Waals surface area contributed by atoms with Crippen molar-refractivity contribution in [3.63, 3.8) is 0 Å². The molecule has 2 rings (SSSR count). The maximum Gasteiger partial charge on any atom is 0.325 e. The summed E-state index contributed by atoms with van der Waals surface area (Å²) in [5.74, 6) is -0.414. The molecule has 22 heavy (non-hydrogen) atoms. The van der Waals surface area contributed by atoms with Gasteiger partial charge >= 0.3 is 5.69 Å². The van der Waals surface area contributed by atoms with E-state index in [0.717, 1.165) is 11.4 Å². The van der Waals surface area contributed by atoms with Crippen LogP contribution in [0, 0.1) is 19.7 Å². The summed E-state index contributed by atoms with van der Waals surface area (Å²) in [6.45, 7) is 4.37. The second kappa shape index (κ2) is 7.06. The van der Waals surface area contributed by atoms with E-state index in [1.54, 1.807) is 22.8 Å². The number of amides is 1. The zero-order chi connectivity index (χ0) is 16.1. The number of nitrogens with one attached hydrogen (secondary N) is 2. The highest BCUT2D eigenvalue weighted by Crippen LogP contribution is 2.06. The molecule has 2 aromatic rings. The number of benzene rings is 1. The van der Waals surface area contributed by atoms with E-state index in [1.807, 2.05) is 13.8 Å². The molecule has 0 atom stereocenters. The minimum Gasteiger partial charge on any atom is -0.356 e. The number of aryl methyl sites for hydroxylation is 1. The van der Waals surface area contributed by atoms with Gasteiger partial charge in [-0.3, -0.25) is 9.36 Å². The largest absolute Gasteiger partial charge is 0.356 e. The van der Waals surface area contributed by atoms with Gasteiger partial charge in [-0.05, 0) is 31.9 Å². The van der Waals surface area contributed by atoms with E-state index in [1.165, 1.54) is 6.07 Å². The number of rotatable bonds is 6. The lowest BCUT2D eigenvalue weighted by Crippen LogP contribution is -2.28. The van der Waals surface area contributed by atoms with Crippen LogP contribution in [0.2, 0.25) is 0 Å². The Balaban J connectivity index is 1.79. The summed E-state index contributed by atoms with van der Waals surface area (Å²) in [5, 5.41) is 2.74. The van der Waals surface area contributed by atoms with Crippen molar-refractivity contribution < 1.29 is 9.18 Å². The van der Waals surface area contributed by atoms with Crippen molar-refractivity contribution in [2.24, 2.45) is 0 Å². The van der Waals surface area contributed by atoms with E-state index in [2.05, 4.69) is 10.3 Å². The molecule has 2 N–H and O–H groups in total. The average molecular weight is 305 g/mol. The summed E-state index contributed by atoms with van der Waals surface area (Å²) in [5.41, 5.74) is 2.03. The summed E-state index contributed by atoms with van der Waals surface area (Å²) < 4.78 is 15.0. The molecule has 5 nitrogen and oxygen atoms in total. The molecule has 0 unspecified atom stereocenters.